The van der Waals surface area contributed by atoms with Gasteiger partial charge in [0, 0.05) is 12.1 Å². The third-order valence-corrected chi connectivity index (χ3v) is 1.92. The van der Waals surface area contributed by atoms with Gasteiger partial charge in [0.05, 0.1) is 11.6 Å². The van der Waals surface area contributed by atoms with Crippen LogP contribution in [0.4, 0.5) is 0 Å². The summed E-state index contributed by atoms with van der Waals surface area (Å²) in [4.78, 5) is 11.1. The first-order valence-electron chi connectivity index (χ1n) is 3.62. The smallest absolute Gasteiger partial charge is 0.251 e. The first-order chi connectivity index (χ1) is 5.81. The third kappa shape index (κ3) is 1.98. The maximum Gasteiger partial charge on any atom is 0.251 e. The Labute approximate surface area is 93.9 Å². The van der Waals surface area contributed by atoms with Crippen LogP contribution < -0.4 is 5.32 Å². The number of hydrogen-bond acceptors (Lipinski definition) is 2. The van der Waals surface area contributed by atoms with Crippen molar-refractivity contribution >= 4 is 30.7 Å². The van der Waals surface area contributed by atoms with Crippen molar-refractivity contribution in [1.82, 2.24) is 5.32 Å². The summed E-state index contributed by atoms with van der Waals surface area (Å²) in [6.45, 7) is 0.545. The molecular weight excluding hydrogens is 223 g/mol. The summed E-state index contributed by atoms with van der Waals surface area (Å²) < 4.78 is 0. The zero-order valence-electron chi connectivity index (χ0n) is 7.11. The number of halogens is 2. The molecule has 1 aromatic carbocycles. The second-order valence-electron chi connectivity index (χ2n) is 2.67. The van der Waals surface area contributed by atoms with E-state index in [4.69, 9.17) is 5.26 Å². The van der Waals surface area contributed by atoms with Gasteiger partial charge in [0.2, 0.25) is 0 Å². The summed E-state index contributed by atoms with van der Waals surface area (Å²) >= 11 is 0. The van der Waals surface area contributed by atoms with Gasteiger partial charge in [0.15, 0.2) is 0 Å². The standard InChI is InChI=1S/C9H6N2O.2ClH/c10-4-6-1-2-8-7(3-6)5-11-9(8)12;;/h1-3H,5H2,(H,11,12);2*1H. The molecule has 0 spiro atoms. The van der Waals surface area contributed by atoms with Crippen LogP contribution in [0.3, 0.4) is 0 Å². The summed E-state index contributed by atoms with van der Waals surface area (Å²) in [6, 6.07) is 7.12. The van der Waals surface area contributed by atoms with Crippen LogP contribution in [0.5, 0.6) is 0 Å². The Bertz CT molecular complexity index is 398. The van der Waals surface area contributed by atoms with Gasteiger partial charge < -0.3 is 5.32 Å². The van der Waals surface area contributed by atoms with Gasteiger partial charge in [-0.25, -0.2) is 0 Å². The molecule has 0 saturated heterocycles. The maximum atomic E-state index is 11.1. The average Bonchev–Trinajstić information content (AvgIpc) is 2.47. The van der Waals surface area contributed by atoms with E-state index in [1.165, 1.54) is 0 Å². The first-order valence-corrected chi connectivity index (χ1v) is 3.62. The quantitative estimate of drug-likeness (QED) is 0.737. The highest BCUT2D eigenvalue weighted by Crippen LogP contribution is 2.16. The molecule has 1 amide bonds. The highest BCUT2D eigenvalue weighted by molar-refractivity contribution is 5.98. The molecule has 2 rings (SSSR count). The highest BCUT2D eigenvalue weighted by Gasteiger charge is 2.17. The lowest BCUT2D eigenvalue weighted by atomic mass is 10.1. The van der Waals surface area contributed by atoms with E-state index in [0.29, 0.717) is 17.7 Å². The largest absolute Gasteiger partial charge is 0.348 e. The molecule has 1 N–H and O–H groups in total. The van der Waals surface area contributed by atoms with Crippen LogP contribution in [0.1, 0.15) is 21.5 Å². The topological polar surface area (TPSA) is 52.9 Å². The van der Waals surface area contributed by atoms with Gasteiger partial charge in [-0.2, -0.15) is 5.26 Å². The Kier molecular flexibility index (Phi) is 4.42. The number of nitriles is 1. The lowest BCUT2D eigenvalue weighted by molar-refractivity contribution is 0.0966. The lowest BCUT2D eigenvalue weighted by Crippen LogP contribution is -2.12. The molecule has 0 saturated carbocycles. The van der Waals surface area contributed by atoms with Crippen LogP contribution in [0.15, 0.2) is 18.2 Å². The molecule has 5 heteroatoms. The SMILES string of the molecule is Cl.Cl.N#Cc1ccc2c(c1)CNC2=O. The zero-order valence-corrected chi connectivity index (χ0v) is 8.74. The molecule has 1 aromatic rings. The zero-order chi connectivity index (χ0) is 8.55. The number of hydrogen-bond donors (Lipinski definition) is 1. The van der Waals surface area contributed by atoms with Crippen LogP contribution in [0.25, 0.3) is 0 Å². The number of carbonyl (C=O) groups is 1. The summed E-state index contributed by atoms with van der Waals surface area (Å²) in [7, 11) is 0. The summed E-state index contributed by atoms with van der Waals surface area (Å²) in [5, 5.41) is 11.3. The van der Waals surface area contributed by atoms with Crippen molar-refractivity contribution in [2.24, 2.45) is 0 Å². The fourth-order valence-electron chi connectivity index (χ4n) is 1.30. The molecular formula is C9H8Cl2N2O. The van der Waals surface area contributed by atoms with E-state index in [2.05, 4.69) is 5.32 Å². The minimum Gasteiger partial charge on any atom is -0.348 e. The summed E-state index contributed by atoms with van der Waals surface area (Å²) in [5.41, 5.74) is 2.21. The number of nitrogens with one attached hydrogen (secondary N) is 1. The number of carbonyl (C=O) groups excluding carboxylic acids is 1. The predicted octanol–water partition coefficient (Wildman–Crippen LogP) is 1.65. The predicted molar refractivity (Wildman–Crippen MR) is 56.8 cm³/mol. The Balaban J connectivity index is 0.000000845. The molecule has 3 nitrogen and oxygen atoms in total. The summed E-state index contributed by atoms with van der Waals surface area (Å²) in [5.74, 6) is -0.0468. The molecule has 0 unspecified atom stereocenters. The van der Waals surface area contributed by atoms with Gasteiger partial charge in [0.25, 0.3) is 5.91 Å². The molecule has 0 bridgehead atoms. The highest BCUT2D eigenvalue weighted by atomic mass is 35.5. The molecule has 1 aliphatic heterocycles. The maximum absolute atomic E-state index is 11.1. The van der Waals surface area contributed by atoms with E-state index in [1.807, 2.05) is 6.07 Å². The van der Waals surface area contributed by atoms with E-state index in [9.17, 15) is 4.79 Å². The normalized spacial score (nSPS) is 11.5. The van der Waals surface area contributed by atoms with Crippen molar-refractivity contribution in [3.8, 4) is 6.07 Å². The summed E-state index contributed by atoms with van der Waals surface area (Å²) in [6.07, 6.45) is 0. The van der Waals surface area contributed by atoms with E-state index in [0.717, 1.165) is 5.56 Å². The van der Waals surface area contributed by atoms with Gasteiger partial charge in [-0.15, -0.1) is 24.8 Å². The Morgan fingerprint density at radius 1 is 1.36 bits per heavy atom. The fraction of sp³-hybridized carbons (Fsp3) is 0.111. The van der Waals surface area contributed by atoms with Gasteiger partial charge in [-0.05, 0) is 23.8 Å². The minimum absolute atomic E-state index is 0. The van der Waals surface area contributed by atoms with Crippen molar-refractivity contribution < 1.29 is 4.79 Å². The number of amides is 1. The van der Waals surface area contributed by atoms with Crippen LogP contribution >= 0.6 is 24.8 Å². The van der Waals surface area contributed by atoms with Crippen LogP contribution in [-0.2, 0) is 6.54 Å². The van der Waals surface area contributed by atoms with Crippen molar-refractivity contribution in [2.45, 2.75) is 6.54 Å². The van der Waals surface area contributed by atoms with Gasteiger partial charge in [-0.1, -0.05) is 0 Å². The van der Waals surface area contributed by atoms with E-state index in [1.54, 1.807) is 18.2 Å². The second kappa shape index (κ2) is 4.85. The van der Waals surface area contributed by atoms with Crippen LogP contribution in [0.2, 0.25) is 0 Å². The number of nitrogens with zero attached hydrogens (tertiary/aromatic N) is 1. The van der Waals surface area contributed by atoms with E-state index >= 15 is 0 Å². The third-order valence-electron chi connectivity index (χ3n) is 1.92. The van der Waals surface area contributed by atoms with Crippen molar-refractivity contribution in [1.29, 1.82) is 5.26 Å². The molecule has 1 heterocycles. The minimum atomic E-state index is -0.0468. The van der Waals surface area contributed by atoms with E-state index < -0.39 is 0 Å². The fourth-order valence-corrected chi connectivity index (χ4v) is 1.30. The van der Waals surface area contributed by atoms with Crippen molar-refractivity contribution in [2.75, 3.05) is 0 Å². The molecule has 0 atom stereocenters. The Morgan fingerprint density at radius 3 is 2.71 bits per heavy atom. The first kappa shape index (κ1) is 12.8. The lowest BCUT2D eigenvalue weighted by Gasteiger charge is -1.93. The molecule has 74 valence electrons. The number of benzene rings is 1. The molecule has 0 fully saturated rings. The number of fused-ring (bicyclic) bond motifs is 1. The van der Waals surface area contributed by atoms with Gasteiger partial charge in [-0.3, -0.25) is 4.79 Å². The van der Waals surface area contributed by atoms with Crippen molar-refractivity contribution in [3.63, 3.8) is 0 Å². The molecule has 0 radical (unpaired) electrons. The molecule has 14 heavy (non-hydrogen) atoms. The molecule has 0 aliphatic carbocycles. The van der Waals surface area contributed by atoms with Crippen molar-refractivity contribution in [3.05, 3.63) is 34.9 Å². The van der Waals surface area contributed by atoms with Gasteiger partial charge in [0.1, 0.15) is 0 Å². The monoisotopic (exact) mass is 230 g/mol. The Hall–Kier alpha value is -1.24. The molecule has 0 aromatic heterocycles. The van der Waals surface area contributed by atoms with E-state index in [-0.39, 0.29) is 30.7 Å². The van der Waals surface area contributed by atoms with Crippen LogP contribution in [-0.4, -0.2) is 5.91 Å². The average molecular weight is 231 g/mol. The number of rotatable bonds is 0. The van der Waals surface area contributed by atoms with Crippen LogP contribution in [0, 0.1) is 11.3 Å². The Morgan fingerprint density at radius 2 is 2.07 bits per heavy atom. The second-order valence-corrected chi connectivity index (χ2v) is 2.67. The van der Waals surface area contributed by atoms with Gasteiger partial charge >= 0.3 is 0 Å². The molecule has 1 aliphatic rings.